The average Bonchev–Trinajstić information content (AvgIpc) is 3.15. The van der Waals surface area contributed by atoms with E-state index in [1.165, 1.54) is 41.2 Å². The predicted molar refractivity (Wildman–Crippen MR) is 105 cm³/mol. The zero-order valence-corrected chi connectivity index (χ0v) is 15.6. The highest BCUT2D eigenvalue weighted by Crippen LogP contribution is 2.22. The van der Waals surface area contributed by atoms with Crippen LogP contribution in [0.4, 0.5) is 10.1 Å². The molecular weight excluding hydrogens is 419 g/mol. The SMILES string of the molecule is O=C(Nn1cnc2c(cnn2-c2ccc(F)cc2)c1=O)c1cc([N+](=O)[O-])ccc1Cl. The molecule has 0 radical (unpaired) electrons. The van der Waals surface area contributed by atoms with E-state index in [-0.39, 0.29) is 27.3 Å². The number of benzene rings is 2. The normalized spacial score (nSPS) is 10.9. The highest BCUT2D eigenvalue weighted by molar-refractivity contribution is 6.34. The minimum absolute atomic E-state index is 0.0238. The number of halogens is 2. The van der Waals surface area contributed by atoms with Gasteiger partial charge in [-0.15, -0.1) is 0 Å². The molecule has 2 aromatic heterocycles. The molecule has 0 aliphatic carbocycles. The second-order valence-electron chi connectivity index (χ2n) is 6.05. The number of carbonyl (C=O) groups excluding carboxylic acids is 1. The lowest BCUT2D eigenvalue weighted by Crippen LogP contribution is -2.33. The number of rotatable bonds is 4. The first-order valence-corrected chi connectivity index (χ1v) is 8.69. The van der Waals surface area contributed by atoms with Crippen LogP contribution in [0.2, 0.25) is 5.02 Å². The summed E-state index contributed by atoms with van der Waals surface area (Å²) in [6.45, 7) is 0. The smallest absolute Gasteiger partial charge is 0.267 e. The van der Waals surface area contributed by atoms with E-state index in [1.807, 2.05) is 0 Å². The highest BCUT2D eigenvalue weighted by Gasteiger charge is 2.18. The lowest BCUT2D eigenvalue weighted by atomic mass is 10.2. The van der Waals surface area contributed by atoms with Gasteiger partial charge in [0.05, 0.1) is 27.4 Å². The van der Waals surface area contributed by atoms with E-state index in [2.05, 4.69) is 15.5 Å². The second kappa shape index (κ2) is 7.37. The van der Waals surface area contributed by atoms with Crippen molar-refractivity contribution < 1.29 is 14.1 Å². The minimum Gasteiger partial charge on any atom is -0.267 e. The Morgan fingerprint density at radius 3 is 2.63 bits per heavy atom. The van der Waals surface area contributed by atoms with E-state index >= 15 is 0 Å². The van der Waals surface area contributed by atoms with Crippen LogP contribution in [-0.2, 0) is 0 Å². The average molecular weight is 429 g/mol. The van der Waals surface area contributed by atoms with Gasteiger partial charge in [0.1, 0.15) is 17.5 Å². The third kappa shape index (κ3) is 3.37. The Morgan fingerprint density at radius 1 is 1.20 bits per heavy atom. The van der Waals surface area contributed by atoms with Gasteiger partial charge in [-0.2, -0.15) is 5.10 Å². The first-order valence-electron chi connectivity index (χ1n) is 8.32. The molecule has 1 N–H and O–H groups in total. The molecule has 2 heterocycles. The Bertz CT molecular complexity index is 1370. The van der Waals surface area contributed by atoms with Crippen LogP contribution in [0.15, 0.2) is 59.8 Å². The summed E-state index contributed by atoms with van der Waals surface area (Å²) in [4.78, 5) is 39.6. The molecule has 0 atom stereocenters. The van der Waals surface area contributed by atoms with Crippen molar-refractivity contribution in [2.45, 2.75) is 0 Å². The summed E-state index contributed by atoms with van der Waals surface area (Å²) in [7, 11) is 0. The van der Waals surface area contributed by atoms with Crippen LogP contribution in [0.1, 0.15) is 10.4 Å². The number of nitro groups is 1. The second-order valence-corrected chi connectivity index (χ2v) is 6.46. The predicted octanol–water partition coefficient (Wildman–Crippen LogP) is 2.67. The van der Waals surface area contributed by atoms with Gasteiger partial charge in [-0.25, -0.2) is 18.7 Å². The maximum atomic E-state index is 13.1. The molecule has 0 aliphatic rings. The van der Waals surface area contributed by atoms with Gasteiger partial charge in [0.15, 0.2) is 5.65 Å². The van der Waals surface area contributed by atoms with Crippen molar-refractivity contribution in [3.05, 3.63) is 91.9 Å². The van der Waals surface area contributed by atoms with Crippen molar-refractivity contribution in [2.75, 3.05) is 5.43 Å². The van der Waals surface area contributed by atoms with E-state index < -0.39 is 22.2 Å². The molecule has 150 valence electrons. The number of nitrogens with one attached hydrogen (secondary N) is 1. The molecule has 0 bridgehead atoms. The van der Waals surface area contributed by atoms with E-state index in [0.717, 1.165) is 23.1 Å². The lowest BCUT2D eigenvalue weighted by molar-refractivity contribution is -0.384. The van der Waals surface area contributed by atoms with Crippen LogP contribution in [-0.4, -0.2) is 30.3 Å². The van der Waals surface area contributed by atoms with Crippen molar-refractivity contribution in [2.24, 2.45) is 0 Å². The number of carbonyl (C=O) groups is 1. The quantitative estimate of drug-likeness (QED) is 0.393. The third-order valence-corrected chi connectivity index (χ3v) is 4.52. The number of hydrogen-bond acceptors (Lipinski definition) is 6. The summed E-state index contributed by atoms with van der Waals surface area (Å²) in [6, 6.07) is 8.80. The third-order valence-electron chi connectivity index (χ3n) is 4.19. The maximum Gasteiger partial charge on any atom is 0.283 e. The number of nitro benzene ring substituents is 1. The fourth-order valence-electron chi connectivity index (χ4n) is 2.73. The van der Waals surface area contributed by atoms with Gasteiger partial charge in [0.25, 0.3) is 17.2 Å². The van der Waals surface area contributed by atoms with Crippen LogP contribution in [0, 0.1) is 15.9 Å². The Kier molecular flexibility index (Phi) is 4.72. The van der Waals surface area contributed by atoms with Crippen molar-refractivity contribution >= 4 is 34.2 Å². The van der Waals surface area contributed by atoms with Crippen LogP contribution >= 0.6 is 11.6 Å². The van der Waals surface area contributed by atoms with E-state index in [0.29, 0.717) is 5.69 Å². The van der Waals surface area contributed by atoms with Crippen LogP contribution in [0.5, 0.6) is 0 Å². The van der Waals surface area contributed by atoms with Gasteiger partial charge in [-0.05, 0) is 30.3 Å². The molecule has 4 aromatic rings. The number of nitrogens with zero attached hydrogens (tertiary/aromatic N) is 5. The fourth-order valence-corrected chi connectivity index (χ4v) is 2.94. The zero-order chi connectivity index (χ0) is 21.4. The van der Waals surface area contributed by atoms with Gasteiger partial charge in [-0.3, -0.25) is 25.1 Å². The Balaban J connectivity index is 1.69. The molecule has 0 aliphatic heterocycles. The molecule has 0 unspecified atom stereocenters. The van der Waals surface area contributed by atoms with E-state index in [9.17, 15) is 24.1 Å². The molecule has 0 saturated heterocycles. The van der Waals surface area contributed by atoms with Crippen molar-refractivity contribution in [3.63, 3.8) is 0 Å². The molecule has 10 nitrogen and oxygen atoms in total. The summed E-state index contributed by atoms with van der Waals surface area (Å²) < 4.78 is 15.3. The number of fused-ring (bicyclic) bond motifs is 1. The molecule has 0 saturated carbocycles. The van der Waals surface area contributed by atoms with Crippen molar-refractivity contribution in [3.8, 4) is 5.69 Å². The maximum absolute atomic E-state index is 13.1. The standard InChI is InChI=1S/C18H10ClFN6O4/c19-15-6-5-12(26(29)30)7-13(15)17(27)23-24-9-21-16-14(18(24)28)8-22-25(16)11-3-1-10(20)2-4-11/h1-9H,(H,23,27). The summed E-state index contributed by atoms with van der Waals surface area (Å²) in [5.41, 5.74) is 1.84. The van der Waals surface area contributed by atoms with Crippen molar-refractivity contribution in [1.82, 2.24) is 19.4 Å². The molecule has 1 amide bonds. The molecule has 4 rings (SSSR count). The van der Waals surface area contributed by atoms with Crippen LogP contribution in [0.3, 0.4) is 0 Å². The van der Waals surface area contributed by atoms with Crippen LogP contribution in [0.25, 0.3) is 16.7 Å². The summed E-state index contributed by atoms with van der Waals surface area (Å²) >= 11 is 5.95. The Morgan fingerprint density at radius 2 is 1.93 bits per heavy atom. The van der Waals surface area contributed by atoms with E-state index in [4.69, 9.17) is 11.6 Å². The van der Waals surface area contributed by atoms with Crippen molar-refractivity contribution in [1.29, 1.82) is 0 Å². The Hall–Kier alpha value is -4.12. The number of hydrogen-bond donors (Lipinski definition) is 1. The lowest BCUT2D eigenvalue weighted by Gasteiger charge is -2.09. The first kappa shape index (κ1) is 19.2. The van der Waals surface area contributed by atoms with Gasteiger partial charge in [-0.1, -0.05) is 11.6 Å². The van der Waals surface area contributed by atoms with Gasteiger partial charge < -0.3 is 0 Å². The summed E-state index contributed by atoms with van der Waals surface area (Å²) in [5.74, 6) is -1.26. The van der Waals surface area contributed by atoms with Gasteiger partial charge in [0, 0.05) is 12.1 Å². The molecular formula is C18H10ClFN6O4. The fraction of sp³-hybridized carbons (Fsp3) is 0. The largest absolute Gasteiger partial charge is 0.283 e. The zero-order valence-electron chi connectivity index (χ0n) is 14.8. The van der Waals surface area contributed by atoms with Gasteiger partial charge >= 0.3 is 0 Å². The number of non-ortho nitro benzene ring substituents is 1. The highest BCUT2D eigenvalue weighted by atomic mass is 35.5. The van der Waals surface area contributed by atoms with Crippen LogP contribution < -0.4 is 11.0 Å². The molecule has 2 aromatic carbocycles. The Labute approximate surface area is 171 Å². The van der Waals surface area contributed by atoms with Gasteiger partial charge in [0.2, 0.25) is 0 Å². The summed E-state index contributed by atoms with van der Waals surface area (Å²) in [6.07, 6.45) is 2.33. The first-order chi connectivity index (χ1) is 14.3. The monoisotopic (exact) mass is 428 g/mol. The molecule has 0 fully saturated rings. The number of amides is 1. The van der Waals surface area contributed by atoms with E-state index in [1.54, 1.807) is 0 Å². The summed E-state index contributed by atoms with van der Waals surface area (Å²) in [5, 5.41) is 15.1. The topological polar surface area (TPSA) is 125 Å². The number of aromatic nitrogens is 4. The molecule has 0 spiro atoms. The molecule has 30 heavy (non-hydrogen) atoms. The minimum atomic E-state index is -0.835. The molecule has 12 heteroatoms.